The number of nitrogens with zero attached hydrogens (tertiary/aromatic N) is 2. The van der Waals surface area contributed by atoms with Crippen molar-refractivity contribution in [1.82, 2.24) is 9.80 Å². The zero-order valence-electron chi connectivity index (χ0n) is 12.0. The predicted molar refractivity (Wildman–Crippen MR) is 92.0 cm³/mol. The van der Waals surface area contributed by atoms with E-state index in [9.17, 15) is 4.79 Å². The van der Waals surface area contributed by atoms with Crippen molar-refractivity contribution in [3.63, 3.8) is 0 Å². The molecule has 6 heteroatoms. The number of carbonyl (C=O) groups is 1. The molecular weight excluding hydrogens is 339 g/mol. The molecule has 3 nitrogen and oxygen atoms in total. The van der Waals surface area contributed by atoms with Gasteiger partial charge in [0.05, 0.1) is 15.6 Å². The lowest BCUT2D eigenvalue weighted by molar-refractivity contribution is 0.0629. The smallest absolute Gasteiger partial charge is 0.254 e. The number of thiophene rings is 1. The predicted octanol–water partition coefficient (Wildman–Crippen LogP) is 4.01. The van der Waals surface area contributed by atoms with Gasteiger partial charge in [-0.25, -0.2) is 0 Å². The number of rotatable bonds is 3. The monoisotopic (exact) mass is 354 g/mol. The summed E-state index contributed by atoms with van der Waals surface area (Å²) in [6.07, 6.45) is 0. The Balaban J connectivity index is 1.58. The number of piperazine rings is 1. The fraction of sp³-hybridized carbons (Fsp3) is 0.312. The molecule has 116 valence electrons. The molecule has 0 aliphatic carbocycles. The summed E-state index contributed by atoms with van der Waals surface area (Å²) in [7, 11) is 0. The van der Waals surface area contributed by atoms with Gasteiger partial charge in [-0.2, -0.15) is 11.3 Å². The number of amides is 1. The van der Waals surface area contributed by atoms with Crippen molar-refractivity contribution in [2.24, 2.45) is 0 Å². The average molecular weight is 355 g/mol. The number of carbonyl (C=O) groups excluding carboxylic acids is 1. The highest BCUT2D eigenvalue weighted by Gasteiger charge is 2.22. The highest BCUT2D eigenvalue weighted by Crippen LogP contribution is 2.26. The summed E-state index contributed by atoms with van der Waals surface area (Å²) in [5.74, 6) is 0.127. The normalized spacial score (nSPS) is 16.0. The van der Waals surface area contributed by atoms with Crippen molar-refractivity contribution in [3.05, 3.63) is 56.2 Å². The summed E-state index contributed by atoms with van der Waals surface area (Å²) in [4.78, 5) is 16.5. The third-order valence-corrected chi connectivity index (χ3v) is 5.39. The third kappa shape index (κ3) is 3.46. The quantitative estimate of drug-likeness (QED) is 0.831. The molecule has 3 rings (SSSR count). The minimum Gasteiger partial charge on any atom is -0.336 e. The summed E-state index contributed by atoms with van der Waals surface area (Å²) in [6, 6.07) is 7.59. The molecular formula is C16H16Cl2N2OS. The van der Waals surface area contributed by atoms with E-state index in [1.165, 1.54) is 0 Å². The van der Waals surface area contributed by atoms with Gasteiger partial charge in [0.2, 0.25) is 0 Å². The molecule has 2 heterocycles. The van der Waals surface area contributed by atoms with Crippen molar-refractivity contribution < 1.29 is 4.79 Å². The largest absolute Gasteiger partial charge is 0.336 e. The van der Waals surface area contributed by atoms with E-state index in [2.05, 4.69) is 4.90 Å². The van der Waals surface area contributed by atoms with Gasteiger partial charge >= 0.3 is 0 Å². The molecule has 1 aliphatic heterocycles. The fourth-order valence-electron chi connectivity index (χ4n) is 2.59. The van der Waals surface area contributed by atoms with E-state index in [1.807, 2.05) is 33.9 Å². The number of benzene rings is 1. The third-order valence-electron chi connectivity index (χ3n) is 3.85. The number of hydrogen-bond donors (Lipinski definition) is 0. The first-order valence-corrected chi connectivity index (χ1v) is 8.82. The molecule has 1 fully saturated rings. The van der Waals surface area contributed by atoms with Crippen LogP contribution in [-0.4, -0.2) is 41.9 Å². The van der Waals surface area contributed by atoms with Crippen molar-refractivity contribution in [1.29, 1.82) is 0 Å². The number of halogens is 2. The van der Waals surface area contributed by atoms with Gasteiger partial charge in [0.25, 0.3) is 5.91 Å². The Morgan fingerprint density at radius 3 is 2.59 bits per heavy atom. The maximum Gasteiger partial charge on any atom is 0.254 e. The molecule has 0 saturated carbocycles. The molecule has 1 amide bonds. The SMILES string of the molecule is O=C(c1ccsc1)N1CCN(Cc2cccc(Cl)c2Cl)CC1. The van der Waals surface area contributed by atoms with Gasteiger partial charge < -0.3 is 4.90 Å². The van der Waals surface area contributed by atoms with Crippen molar-refractivity contribution in [2.75, 3.05) is 26.2 Å². The van der Waals surface area contributed by atoms with Crippen LogP contribution in [-0.2, 0) is 6.54 Å². The Bertz CT molecular complexity index is 652. The van der Waals surface area contributed by atoms with Crippen LogP contribution in [0.2, 0.25) is 10.0 Å². The first kappa shape index (κ1) is 15.8. The summed E-state index contributed by atoms with van der Waals surface area (Å²) >= 11 is 13.8. The second kappa shape index (κ2) is 7.01. The van der Waals surface area contributed by atoms with Crippen LogP contribution in [0.4, 0.5) is 0 Å². The minimum absolute atomic E-state index is 0.127. The van der Waals surface area contributed by atoms with E-state index in [0.717, 1.165) is 43.9 Å². The first-order valence-electron chi connectivity index (χ1n) is 7.12. The van der Waals surface area contributed by atoms with Crippen LogP contribution in [0.5, 0.6) is 0 Å². The van der Waals surface area contributed by atoms with Crippen LogP contribution in [0.3, 0.4) is 0 Å². The van der Waals surface area contributed by atoms with Gasteiger partial charge in [-0.05, 0) is 23.1 Å². The lowest BCUT2D eigenvalue weighted by Crippen LogP contribution is -2.48. The summed E-state index contributed by atoms with van der Waals surface area (Å²) in [5.41, 5.74) is 1.82. The Morgan fingerprint density at radius 2 is 1.91 bits per heavy atom. The Labute approximate surface area is 144 Å². The van der Waals surface area contributed by atoms with Crippen LogP contribution < -0.4 is 0 Å². The molecule has 1 aromatic carbocycles. The lowest BCUT2D eigenvalue weighted by Gasteiger charge is -2.34. The van der Waals surface area contributed by atoms with Gasteiger partial charge in [-0.15, -0.1) is 0 Å². The molecule has 0 radical (unpaired) electrons. The Hall–Kier alpha value is -1.07. The van der Waals surface area contributed by atoms with Gasteiger partial charge in [0.1, 0.15) is 0 Å². The van der Waals surface area contributed by atoms with Crippen molar-refractivity contribution >= 4 is 40.4 Å². The van der Waals surface area contributed by atoms with Crippen LogP contribution in [0.25, 0.3) is 0 Å². The molecule has 0 bridgehead atoms. The van der Waals surface area contributed by atoms with Crippen molar-refractivity contribution in [2.45, 2.75) is 6.54 Å². The van der Waals surface area contributed by atoms with E-state index < -0.39 is 0 Å². The van der Waals surface area contributed by atoms with Crippen LogP contribution >= 0.6 is 34.5 Å². The molecule has 0 N–H and O–H groups in total. The van der Waals surface area contributed by atoms with E-state index in [1.54, 1.807) is 17.4 Å². The van der Waals surface area contributed by atoms with E-state index in [-0.39, 0.29) is 5.91 Å². The second-order valence-electron chi connectivity index (χ2n) is 5.29. The zero-order chi connectivity index (χ0) is 15.5. The molecule has 1 saturated heterocycles. The number of hydrogen-bond acceptors (Lipinski definition) is 3. The molecule has 1 aromatic heterocycles. The van der Waals surface area contributed by atoms with Gasteiger partial charge in [-0.1, -0.05) is 35.3 Å². The maximum absolute atomic E-state index is 12.3. The molecule has 22 heavy (non-hydrogen) atoms. The highest BCUT2D eigenvalue weighted by molar-refractivity contribution is 7.08. The van der Waals surface area contributed by atoms with Gasteiger partial charge in [-0.3, -0.25) is 9.69 Å². The molecule has 0 unspecified atom stereocenters. The molecule has 1 aliphatic rings. The van der Waals surface area contributed by atoms with Gasteiger partial charge in [0, 0.05) is 38.1 Å². The standard InChI is InChI=1S/C16H16Cl2N2OS/c17-14-3-1-2-12(15(14)18)10-19-5-7-20(8-6-19)16(21)13-4-9-22-11-13/h1-4,9,11H,5-8,10H2. The van der Waals surface area contributed by atoms with E-state index in [0.29, 0.717) is 10.0 Å². The lowest BCUT2D eigenvalue weighted by atomic mass is 10.2. The summed E-state index contributed by atoms with van der Waals surface area (Å²) in [6.45, 7) is 3.94. The van der Waals surface area contributed by atoms with Crippen molar-refractivity contribution in [3.8, 4) is 0 Å². The molecule has 2 aromatic rings. The van der Waals surface area contributed by atoms with E-state index >= 15 is 0 Å². The zero-order valence-corrected chi connectivity index (χ0v) is 14.3. The molecule has 0 atom stereocenters. The van der Waals surface area contributed by atoms with Crippen LogP contribution in [0.15, 0.2) is 35.0 Å². The Kier molecular flexibility index (Phi) is 5.03. The topological polar surface area (TPSA) is 23.6 Å². The highest BCUT2D eigenvalue weighted by atomic mass is 35.5. The molecule has 0 spiro atoms. The van der Waals surface area contributed by atoms with Crippen LogP contribution in [0.1, 0.15) is 15.9 Å². The minimum atomic E-state index is 0.127. The van der Waals surface area contributed by atoms with Gasteiger partial charge in [0.15, 0.2) is 0 Å². The Morgan fingerprint density at radius 1 is 1.14 bits per heavy atom. The summed E-state index contributed by atoms with van der Waals surface area (Å²) in [5, 5.41) is 5.05. The van der Waals surface area contributed by atoms with Crippen LogP contribution in [0, 0.1) is 0 Å². The summed E-state index contributed by atoms with van der Waals surface area (Å²) < 4.78 is 0. The maximum atomic E-state index is 12.3. The van der Waals surface area contributed by atoms with E-state index in [4.69, 9.17) is 23.2 Å². The fourth-order valence-corrected chi connectivity index (χ4v) is 3.60. The first-order chi connectivity index (χ1) is 10.6. The average Bonchev–Trinajstić information content (AvgIpc) is 3.06. The second-order valence-corrected chi connectivity index (χ2v) is 6.86.